The van der Waals surface area contributed by atoms with Gasteiger partial charge in [0.15, 0.2) is 0 Å². The summed E-state index contributed by atoms with van der Waals surface area (Å²) in [5, 5.41) is 19.1. The van der Waals surface area contributed by atoms with E-state index in [1.165, 1.54) is 16.8 Å². The Morgan fingerprint density at radius 2 is 2.26 bits per heavy atom. The molecule has 1 fully saturated rings. The Morgan fingerprint density at radius 1 is 1.58 bits per heavy atom. The molecule has 4 N–H and O–H groups in total. The summed E-state index contributed by atoms with van der Waals surface area (Å²) in [5.74, 6) is -0.119. The van der Waals surface area contributed by atoms with Gasteiger partial charge in [-0.25, -0.2) is 4.79 Å². The molecule has 2 heterocycles. The van der Waals surface area contributed by atoms with Gasteiger partial charge in [0.25, 0.3) is 0 Å². The van der Waals surface area contributed by atoms with Gasteiger partial charge in [-0.05, 0) is 12.5 Å². The third kappa shape index (κ3) is 2.89. The zero-order chi connectivity index (χ0) is 13.3. The van der Waals surface area contributed by atoms with Crippen LogP contribution in [0.2, 0.25) is 0 Å². The predicted octanol–water partition coefficient (Wildman–Crippen LogP) is -0.476. The summed E-state index contributed by atoms with van der Waals surface area (Å²) in [5.41, 5.74) is 4.90. The fourth-order valence-corrected chi connectivity index (χ4v) is 2.29. The highest BCUT2D eigenvalue weighted by molar-refractivity contribution is 5.85. The minimum absolute atomic E-state index is 0. The molecular formula is C11H18ClN3O4. The van der Waals surface area contributed by atoms with Crippen molar-refractivity contribution in [2.75, 3.05) is 12.3 Å². The van der Waals surface area contributed by atoms with Crippen molar-refractivity contribution in [1.82, 2.24) is 9.55 Å². The maximum Gasteiger partial charge on any atom is 0.351 e. The molecule has 2 rings (SSSR count). The molecule has 0 spiro atoms. The van der Waals surface area contributed by atoms with Crippen molar-refractivity contribution in [3.05, 3.63) is 22.7 Å². The molecular weight excluding hydrogens is 274 g/mol. The van der Waals surface area contributed by atoms with E-state index in [4.69, 9.17) is 15.6 Å². The molecule has 1 aromatic rings. The maximum absolute atomic E-state index is 11.7. The van der Waals surface area contributed by atoms with Gasteiger partial charge in [0.2, 0.25) is 0 Å². The van der Waals surface area contributed by atoms with E-state index in [0.29, 0.717) is 6.42 Å². The monoisotopic (exact) mass is 291 g/mol. The molecule has 0 bridgehead atoms. The third-order valence-corrected chi connectivity index (χ3v) is 3.28. The van der Waals surface area contributed by atoms with Crippen LogP contribution in [0.5, 0.6) is 0 Å². The van der Waals surface area contributed by atoms with Crippen molar-refractivity contribution >= 4 is 18.2 Å². The van der Waals surface area contributed by atoms with Crippen LogP contribution in [-0.4, -0.2) is 38.6 Å². The number of nitrogen functional groups attached to an aromatic ring is 1. The first-order valence-electron chi connectivity index (χ1n) is 5.87. The first kappa shape index (κ1) is 15.9. The Kier molecular flexibility index (Phi) is 5.30. The summed E-state index contributed by atoms with van der Waals surface area (Å²) < 4.78 is 6.81. The van der Waals surface area contributed by atoms with E-state index in [-0.39, 0.29) is 30.7 Å². The van der Waals surface area contributed by atoms with Gasteiger partial charge in [0.1, 0.15) is 18.1 Å². The Morgan fingerprint density at radius 3 is 2.79 bits per heavy atom. The molecule has 4 atom stereocenters. The lowest BCUT2D eigenvalue weighted by Gasteiger charge is -2.20. The van der Waals surface area contributed by atoms with Gasteiger partial charge in [0.05, 0.1) is 12.7 Å². The largest absolute Gasteiger partial charge is 0.394 e. The Hall–Kier alpha value is -1.15. The molecule has 19 heavy (non-hydrogen) atoms. The Bertz CT molecular complexity index is 481. The van der Waals surface area contributed by atoms with Gasteiger partial charge in [-0.3, -0.25) is 4.57 Å². The number of nitrogens with two attached hydrogens (primary N) is 1. The topological polar surface area (TPSA) is 111 Å². The van der Waals surface area contributed by atoms with Crippen LogP contribution >= 0.6 is 12.4 Å². The highest BCUT2D eigenvalue weighted by Crippen LogP contribution is 2.35. The van der Waals surface area contributed by atoms with Crippen molar-refractivity contribution in [1.29, 1.82) is 0 Å². The van der Waals surface area contributed by atoms with Crippen LogP contribution in [0.4, 0.5) is 5.82 Å². The quantitative estimate of drug-likeness (QED) is 0.694. The Balaban J connectivity index is 0.00000180. The van der Waals surface area contributed by atoms with Gasteiger partial charge in [-0.2, -0.15) is 4.98 Å². The lowest BCUT2D eigenvalue weighted by atomic mass is 9.97. The molecule has 0 aromatic carbocycles. The standard InChI is InChI=1S/C11H17N3O4.ClH/c1-2-6-9(16)7(5-15)18-10(6)14-4-3-8(12)13-11(14)17;/h3-4,6-7,9-10,15-16H,2,5H2,1H3,(H2,12,13,17);1H/t6-,7+,9-,10+;/m0./s1. The van der Waals surface area contributed by atoms with Crippen LogP contribution in [0.1, 0.15) is 19.6 Å². The van der Waals surface area contributed by atoms with Crippen molar-refractivity contribution in [2.45, 2.75) is 31.8 Å². The predicted molar refractivity (Wildman–Crippen MR) is 70.9 cm³/mol. The number of anilines is 1. The average Bonchev–Trinajstić information content (AvgIpc) is 2.65. The molecule has 1 saturated heterocycles. The van der Waals surface area contributed by atoms with Gasteiger partial charge in [0, 0.05) is 12.1 Å². The summed E-state index contributed by atoms with van der Waals surface area (Å²) >= 11 is 0. The molecule has 1 aliphatic heterocycles. The second-order valence-electron chi connectivity index (χ2n) is 4.35. The first-order chi connectivity index (χ1) is 8.58. The highest BCUT2D eigenvalue weighted by Gasteiger charge is 2.43. The molecule has 1 aliphatic rings. The molecule has 7 nitrogen and oxygen atoms in total. The van der Waals surface area contributed by atoms with Crippen LogP contribution in [0.15, 0.2) is 17.1 Å². The average molecular weight is 292 g/mol. The SMILES string of the molecule is CC[C@H]1[C@H](O)[C@@H](CO)O[C@H]1n1ccc(N)nc1=O.Cl. The third-order valence-electron chi connectivity index (χ3n) is 3.28. The van der Waals surface area contributed by atoms with E-state index in [9.17, 15) is 9.90 Å². The number of aromatic nitrogens is 2. The molecule has 0 amide bonds. The van der Waals surface area contributed by atoms with E-state index >= 15 is 0 Å². The van der Waals surface area contributed by atoms with Crippen molar-refractivity contribution in [3.63, 3.8) is 0 Å². The minimum Gasteiger partial charge on any atom is -0.394 e. The van der Waals surface area contributed by atoms with Gasteiger partial charge in [-0.15, -0.1) is 12.4 Å². The van der Waals surface area contributed by atoms with Crippen LogP contribution in [-0.2, 0) is 4.74 Å². The molecule has 108 valence electrons. The van der Waals surface area contributed by atoms with Crippen molar-refractivity contribution in [2.24, 2.45) is 5.92 Å². The number of halogens is 1. The fraction of sp³-hybridized carbons (Fsp3) is 0.636. The number of hydrogen-bond acceptors (Lipinski definition) is 6. The number of ether oxygens (including phenoxy) is 1. The molecule has 1 aromatic heterocycles. The number of aliphatic hydroxyl groups excluding tert-OH is 2. The van der Waals surface area contributed by atoms with Gasteiger partial charge >= 0.3 is 5.69 Å². The van der Waals surface area contributed by atoms with Crippen molar-refractivity contribution in [3.8, 4) is 0 Å². The molecule has 0 aliphatic carbocycles. The van der Waals surface area contributed by atoms with Crippen LogP contribution in [0.3, 0.4) is 0 Å². The second-order valence-corrected chi connectivity index (χ2v) is 4.35. The Labute approximate surface area is 116 Å². The number of nitrogens with zero attached hydrogens (tertiary/aromatic N) is 2. The van der Waals surface area contributed by atoms with Gasteiger partial charge in [-0.1, -0.05) is 6.92 Å². The summed E-state index contributed by atoms with van der Waals surface area (Å²) in [4.78, 5) is 15.4. The van der Waals surface area contributed by atoms with E-state index < -0.39 is 24.1 Å². The smallest absolute Gasteiger partial charge is 0.351 e. The van der Waals surface area contributed by atoms with Crippen molar-refractivity contribution < 1.29 is 14.9 Å². The lowest BCUT2D eigenvalue weighted by molar-refractivity contribution is -0.0481. The maximum atomic E-state index is 11.7. The fourth-order valence-electron chi connectivity index (χ4n) is 2.29. The van der Waals surface area contributed by atoms with E-state index in [1.807, 2.05) is 6.92 Å². The van der Waals surface area contributed by atoms with E-state index in [0.717, 1.165) is 0 Å². The number of aliphatic hydroxyl groups is 2. The molecule has 0 unspecified atom stereocenters. The molecule has 0 saturated carbocycles. The summed E-state index contributed by atoms with van der Waals surface area (Å²) in [6, 6.07) is 1.50. The molecule has 8 heteroatoms. The highest BCUT2D eigenvalue weighted by atomic mass is 35.5. The summed E-state index contributed by atoms with van der Waals surface area (Å²) in [7, 11) is 0. The number of hydrogen-bond donors (Lipinski definition) is 3. The van der Waals surface area contributed by atoms with Gasteiger partial charge < -0.3 is 20.7 Å². The van der Waals surface area contributed by atoms with Crippen LogP contribution < -0.4 is 11.4 Å². The zero-order valence-corrected chi connectivity index (χ0v) is 11.3. The second kappa shape index (κ2) is 6.33. The zero-order valence-electron chi connectivity index (χ0n) is 10.5. The van der Waals surface area contributed by atoms with E-state index in [1.54, 1.807) is 0 Å². The van der Waals surface area contributed by atoms with Crippen LogP contribution in [0, 0.1) is 5.92 Å². The minimum atomic E-state index is -0.797. The normalized spacial score (nSPS) is 30.1. The summed E-state index contributed by atoms with van der Waals surface area (Å²) in [6.07, 6.45) is 0.0190. The van der Waals surface area contributed by atoms with Crippen LogP contribution in [0.25, 0.3) is 0 Å². The molecule has 0 radical (unpaired) electrons. The lowest BCUT2D eigenvalue weighted by Crippen LogP contribution is -2.32. The summed E-state index contributed by atoms with van der Waals surface area (Å²) in [6.45, 7) is 1.60. The first-order valence-corrected chi connectivity index (χ1v) is 5.87. The van der Waals surface area contributed by atoms with E-state index in [2.05, 4.69) is 4.98 Å². The number of rotatable bonds is 3.